The lowest BCUT2D eigenvalue weighted by atomic mass is 10.1. The number of hydrogen-bond donors (Lipinski definition) is 2. The standard InChI is InChI=1S/C13H26N4O/c1-10(2)15-12(13(14)18)9-16-6-7-17-5-3-4-11(17)8-16/h10-12,15H,3-9H2,1-2H3,(H2,14,18). The Bertz CT molecular complexity index is 295. The molecule has 2 aliphatic rings. The number of fused-ring (bicyclic) bond motifs is 1. The Morgan fingerprint density at radius 2 is 2.17 bits per heavy atom. The zero-order chi connectivity index (χ0) is 13.1. The van der Waals surface area contributed by atoms with Crippen molar-refractivity contribution in [1.82, 2.24) is 15.1 Å². The quantitative estimate of drug-likeness (QED) is 0.702. The van der Waals surface area contributed by atoms with E-state index in [1.807, 2.05) is 13.8 Å². The van der Waals surface area contributed by atoms with E-state index >= 15 is 0 Å². The minimum atomic E-state index is -0.238. The molecule has 5 heteroatoms. The first kappa shape index (κ1) is 13.8. The molecule has 0 bridgehead atoms. The van der Waals surface area contributed by atoms with Crippen LogP contribution in [0.5, 0.6) is 0 Å². The van der Waals surface area contributed by atoms with Crippen molar-refractivity contribution in [3.8, 4) is 0 Å². The molecule has 5 nitrogen and oxygen atoms in total. The van der Waals surface area contributed by atoms with Gasteiger partial charge in [0.15, 0.2) is 0 Å². The lowest BCUT2D eigenvalue weighted by Crippen LogP contribution is -2.56. The van der Waals surface area contributed by atoms with Crippen molar-refractivity contribution in [2.24, 2.45) is 5.73 Å². The van der Waals surface area contributed by atoms with E-state index in [0.29, 0.717) is 6.04 Å². The van der Waals surface area contributed by atoms with E-state index in [1.165, 1.54) is 19.4 Å². The summed E-state index contributed by atoms with van der Waals surface area (Å²) in [6, 6.07) is 0.763. The fraction of sp³-hybridized carbons (Fsp3) is 0.923. The maximum absolute atomic E-state index is 11.5. The molecular weight excluding hydrogens is 228 g/mol. The minimum absolute atomic E-state index is 0.224. The third-order valence-corrected chi connectivity index (χ3v) is 3.99. The van der Waals surface area contributed by atoms with Crippen LogP contribution < -0.4 is 11.1 Å². The molecule has 0 saturated carbocycles. The Balaban J connectivity index is 1.85. The fourth-order valence-electron chi connectivity index (χ4n) is 3.11. The maximum Gasteiger partial charge on any atom is 0.235 e. The highest BCUT2D eigenvalue weighted by Gasteiger charge is 2.32. The van der Waals surface area contributed by atoms with Gasteiger partial charge in [-0.15, -0.1) is 0 Å². The topological polar surface area (TPSA) is 61.6 Å². The van der Waals surface area contributed by atoms with Crippen LogP contribution in [0.2, 0.25) is 0 Å². The number of piperazine rings is 1. The van der Waals surface area contributed by atoms with Crippen molar-refractivity contribution < 1.29 is 4.79 Å². The van der Waals surface area contributed by atoms with Gasteiger partial charge in [-0.2, -0.15) is 0 Å². The van der Waals surface area contributed by atoms with Gasteiger partial charge in [0.05, 0.1) is 6.04 Å². The lowest BCUT2D eigenvalue weighted by Gasteiger charge is -2.38. The number of nitrogens with one attached hydrogen (secondary N) is 1. The highest BCUT2D eigenvalue weighted by molar-refractivity contribution is 5.80. The van der Waals surface area contributed by atoms with Crippen LogP contribution in [-0.4, -0.2) is 66.6 Å². The molecule has 104 valence electrons. The van der Waals surface area contributed by atoms with Gasteiger partial charge in [-0.25, -0.2) is 0 Å². The summed E-state index contributed by atoms with van der Waals surface area (Å²) in [5.41, 5.74) is 5.47. The number of rotatable bonds is 5. The Hall–Kier alpha value is -0.650. The van der Waals surface area contributed by atoms with E-state index in [1.54, 1.807) is 0 Å². The van der Waals surface area contributed by atoms with E-state index < -0.39 is 0 Å². The van der Waals surface area contributed by atoms with Crippen molar-refractivity contribution in [3.63, 3.8) is 0 Å². The number of nitrogens with two attached hydrogens (primary N) is 1. The molecule has 0 aromatic rings. The van der Waals surface area contributed by atoms with Crippen LogP contribution in [0.3, 0.4) is 0 Å². The highest BCUT2D eigenvalue weighted by Crippen LogP contribution is 2.21. The molecule has 0 radical (unpaired) electrons. The summed E-state index contributed by atoms with van der Waals surface area (Å²) in [5, 5.41) is 3.26. The van der Waals surface area contributed by atoms with Gasteiger partial charge in [-0.05, 0) is 19.4 Å². The first-order valence-corrected chi connectivity index (χ1v) is 7.08. The second-order valence-corrected chi connectivity index (χ2v) is 5.87. The zero-order valence-corrected chi connectivity index (χ0v) is 11.6. The third kappa shape index (κ3) is 3.43. The fourth-order valence-corrected chi connectivity index (χ4v) is 3.11. The van der Waals surface area contributed by atoms with Crippen molar-refractivity contribution in [3.05, 3.63) is 0 Å². The van der Waals surface area contributed by atoms with Crippen LogP contribution in [0, 0.1) is 0 Å². The van der Waals surface area contributed by atoms with Gasteiger partial charge in [-0.3, -0.25) is 14.6 Å². The first-order valence-electron chi connectivity index (χ1n) is 7.08. The second-order valence-electron chi connectivity index (χ2n) is 5.87. The van der Waals surface area contributed by atoms with Crippen LogP contribution >= 0.6 is 0 Å². The largest absolute Gasteiger partial charge is 0.368 e. The van der Waals surface area contributed by atoms with E-state index in [0.717, 1.165) is 26.2 Å². The van der Waals surface area contributed by atoms with E-state index in [-0.39, 0.29) is 18.0 Å². The normalized spacial score (nSPS) is 27.4. The molecule has 18 heavy (non-hydrogen) atoms. The van der Waals surface area contributed by atoms with E-state index in [4.69, 9.17) is 5.73 Å². The molecule has 2 heterocycles. The summed E-state index contributed by atoms with van der Waals surface area (Å²) in [7, 11) is 0. The molecule has 0 spiro atoms. The van der Waals surface area contributed by atoms with Gasteiger partial charge in [0.25, 0.3) is 0 Å². The van der Waals surface area contributed by atoms with Crippen molar-refractivity contribution in [1.29, 1.82) is 0 Å². The molecule has 0 aliphatic carbocycles. The Kier molecular flexibility index (Phi) is 4.59. The number of amides is 1. The summed E-state index contributed by atoms with van der Waals surface area (Å²) < 4.78 is 0. The first-order chi connectivity index (χ1) is 8.56. The number of carbonyl (C=O) groups is 1. The lowest BCUT2D eigenvalue weighted by molar-refractivity contribution is -0.120. The molecule has 0 aromatic heterocycles. The zero-order valence-electron chi connectivity index (χ0n) is 11.6. The van der Waals surface area contributed by atoms with Gasteiger partial charge < -0.3 is 11.1 Å². The van der Waals surface area contributed by atoms with Crippen LogP contribution in [-0.2, 0) is 4.79 Å². The number of nitrogens with zero attached hydrogens (tertiary/aromatic N) is 2. The van der Waals surface area contributed by atoms with Crippen LogP contribution in [0.15, 0.2) is 0 Å². The molecule has 3 N–H and O–H groups in total. The smallest absolute Gasteiger partial charge is 0.235 e. The molecule has 2 unspecified atom stereocenters. The van der Waals surface area contributed by atoms with E-state index in [9.17, 15) is 4.79 Å². The molecule has 2 rings (SSSR count). The summed E-state index contributed by atoms with van der Waals surface area (Å²) >= 11 is 0. The molecule has 2 atom stereocenters. The molecule has 2 saturated heterocycles. The highest BCUT2D eigenvalue weighted by atomic mass is 16.1. The maximum atomic E-state index is 11.5. The molecule has 2 fully saturated rings. The van der Waals surface area contributed by atoms with Crippen LogP contribution in [0.4, 0.5) is 0 Å². The summed E-state index contributed by atoms with van der Waals surface area (Å²) in [6.07, 6.45) is 2.62. The predicted molar refractivity (Wildman–Crippen MR) is 72.3 cm³/mol. The van der Waals surface area contributed by atoms with Crippen LogP contribution in [0.1, 0.15) is 26.7 Å². The summed E-state index contributed by atoms with van der Waals surface area (Å²) in [5.74, 6) is -0.238. The van der Waals surface area contributed by atoms with Gasteiger partial charge >= 0.3 is 0 Å². The van der Waals surface area contributed by atoms with Crippen molar-refractivity contribution in [2.45, 2.75) is 44.8 Å². The third-order valence-electron chi connectivity index (χ3n) is 3.99. The average Bonchev–Trinajstić information content (AvgIpc) is 2.74. The number of carbonyl (C=O) groups excluding carboxylic acids is 1. The monoisotopic (exact) mass is 254 g/mol. The van der Waals surface area contributed by atoms with Crippen LogP contribution in [0.25, 0.3) is 0 Å². The molecule has 0 aromatic carbocycles. The molecule has 2 aliphatic heterocycles. The molecular formula is C13H26N4O. The molecule has 1 amide bonds. The average molecular weight is 254 g/mol. The minimum Gasteiger partial charge on any atom is -0.368 e. The second kappa shape index (κ2) is 5.99. The van der Waals surface area contributed by atoms with Crippen molar-refractivity contribution >= 4 is 5.91 Å². The number of hydrogen-bond acceptors (Lipinski definition) is 4. The Labute approximate surface area is 110 Å². The summed E-state index contributed by atoms with van der Waals surface area (Å²) in [4.78, 5) is 16.4. The SMILES string of the molecule is CC(C)NC(CN1CCN2CCCC2C1)C(N)=O. The van der Waals surface area contributed by atoms with Gasteiger partial charge in [0.2, 0.25) is 5.91 Å². The Morgan fingerprint density at radius 1 is 1.39 bits per heavy atom. The van der Waals surface area contributed by atoms with E-state index in [2.05, 4.69) is 15.1 Å². The van der Waals surface area contributed by atoms with Gasteiger partial charge in [-0.1, -0.05) is 13.8 Å². The number of primary amides is 1. The Morgan fingerprint density at radius 3 is 2.83 bits per heavy atom. The predicted octanol–water partition coefficient (Wildman–Crippen LogP) is -0.382. The van der Waals surface area contributed by atoms with Crippen molar-refractivity contribution in [2.75, 3.05) is 32.7 Å². The summed E-state index contributed by atoms with van der Waals surface area (Å²) in [6.45, 7) is 9.37. The van der Waals surface area contributed by atoms with Gasteiger partial charge in [0.1, 0.15) is 0 Å². The van der Waals surface area contributed by atoms with Gasteiger partial charge in [0, 0.05) is 38.3 Å².